The predicted molar refractivity (Wildman–Crippen MR) is 152 cm³/mol. The van der Waals surface area contributed by atoms with Gasteiger partial charge in [-0.25, -0.2) is 4.98 Å². The molecule has 1 aromatic heterocycles. The Morgan fingerprint density at radius 2 is 2.00 bits per heavy atom. The summed E-state index contributed by atoms with van der Waals surface area (Å²) in [4.78, 5) is 32.6. The smallest absolute Gasteiger partial charge is 0.255 e. The van der Waals surface area contributed by atoms with Crippen molar-refractivity contribution in [3.05, 3.63) is 76.4 Å². The highest BCUT2D eigenvalue weighted by Gasteiger charge is 2.35. The highest BCUT2D eigenvalue weighted by Crippen LogP contribution is 2.34. The van der Waals surface area contributed by atoms with Gasteiger partial charge in [-0.1, -0.05) is 35.9 Å². The van der Waals surface area contributed by atoms with Crippen molar-refractivity contribution < 1.29 is 24.2 Å². The van der Waals surface area contributed by atoms with E-state index in [1.54, 1.807) is 38.4 Å². The van der Waals surface area contributed by atoms with Crippen LogP contribution in [0.3, 0.4) is 0 Å². The fourth-order valence-corrected chi connectivity index (χ4v) is 5.33. The number of hydrogen-bond donors (Lipinski definition) is 3. The van der Waals surface area contributed by atoms with Crippen molar-refractivity contribution in [1.82, 2.24) is 15.2 Å². The number of hydrogen-bond acceptors (Lipinski definition) is 7. The first-order valence-corrected chi connectivity index (χ1v) is 13.7. The molecule has 3 aromatic rings. The maximum Gasteiger partial charge on any atom is 0.255 e. The summed E-state index contributed by atoms with van der Waals surface area (Å²) in [5.74, 6) is 0.760. The molecule has 0 aliphatic carbocycles. The topological polar surface area (TPSA) is 113 Å². The lowest BCUT2D eigenvalue weighted by Crippen LogP contribution is -2.46. The Hall–Kier alpha value is -3.66. The van der Waals surface area contributed by atoms with Gasteiger partial charge in [0.1, 0.15) is 17.6 Å². The van der Waals surface area contributed by atoms with Gasteiger partial charge in [0.15, 0.2) is 0 Å². The molecule has 0 spiro atoms. The molecule has 1 fully saturated rings. The molecular weight excluding hydrogens is 532 g/mol. The van der Waals surface area contributed by atoms with Crippen molar-refractivity contribution in [3.8, 4) is 16.9 Å². The van der Waals surface area contributed by atoms with E-state index in [2.05, 4.69) is 15.6 Å². The molecule has 2 atom stereocenters. The molecule has 2 aromatic carbocycles. The largest absolute Gasteiger partial charge is 0.497 e. The lowest BCUT2D eigenvalue weighted by molar-refractivity contribution is -0.126. The zero-order valence-corrected chi connectivity index (χ0v) is 23.3. The molecule has 9 nitrogen and oxygen atoms in total. The first-order valence-electron chi connectivity index (χ1n) is 13.4. The fraction of sp³-hybridized carbons (Fsp3) is 0.367. The number of anilines is 1. The molecule has 210 valence electrons. The predicted octanol–water partition coefficient (Wildman–Crippen LogP) is 4.20. The van der Waals surface area contributed by atoms with E-state index in [1.807, 2.05) is 30.3 Å². The van der Waals surface area contributed by atoms with Crippen LogP contribution in [0.5, 0.6) is 5.75 Å². The number of rotatable bonds is 9. The number of nitrogens with one attached hydrogen (secondary N) is 2. The number of halogens is 1. The van der Waals surface area contributed by atoms with E-state index < -0.39 is 12.1 Å². The van der Waals surface area contributed by atoms with E-state index in [9.17, 15) is 14.7 Å². The van der Waals surface area contributed by atoms with Gasteiger partial charge < -0.3 is 30.1 Å². The van der Waals surface area contributed by atoms with Crippen LogP contribution in [0.2, 0.25) is 5.02 Å². The van der Waals surface area contributed by atoms with Crippen molar-refractivity contribution in [3.63, 3.8) is 0 Å². The van der Waals surface area contributed by atoms with E-state index in [4.69, 9.17) is 21.1 Å². The maximum atomic E-state index is 13.5. The van der Waals surface area contributed by atoms with Crippen molar-refractivity contribution >= 4 is 29.2 Å². The number of pyridine rings is 1. The van der Waals surface area contributed by atoms with Crippen molar-refractivity contribution in [2.24, 2.45) is 0 Å². The Balaban J connectivity index is 1.30. The lowest BCUT2D eigenvalue weighted by atomic mass is 10.0. The molecule has 2 unspecified atom stereocenters. The summed E-state index contributed by atoms with van der Waals surface area (Å²) in [5.41, 5.74) is 3.66. The molecule has 2 amide bonds. The normalized spacial score (nSPS) is 16.8. The van der Waals surface area contributed by atoms with Gasteiger partial charge in [-0.05, 0) is 60.7 Å². The number of benzene rings is 2. The van der Waals surface area contributed by atoms with E-state index in [-0.39, 0.29) is 24.5 Å². The molecule has 3 heterocycles. The van der Waals surface area contributed by atoms with Gasteiger partial charge in [0, 0.05) is 43.1 Å². The van der Waals surface area contributed by atoms with Crippen molar-refractivity contribution in [1.29, 1.82) is 0 Å². The molecule has 0 radical (unpaired) electrons. The second kappa shape index (κ2) is 12.2. The summed E-state index contributed by atoms with van der Waals surface area (Å²) in [6.45, 7) is 3.15. The molecule has 2 aliphatic rings. The Bertz CT molecular complexity index is 1390. The van der Waals surface area contributed by atoms with Gasteiger partial charge in [-0.2, -0.15) is 0 Å². The van der Waals surface area contributed by atoms with E-state index >= 15 is 0 Å². The minimum absolute atomic E-state index is 0.229. The number of carbonyl (C=O) groups excluding carboxylic acids is 2. The number of fused-ring (bicyclic) bond motifs is 1. The monoisotopic (exact) mass is 564 g/mol. The summed E-state index contributed by atoms with van der Waals surface area (Å²) in [7, 11) is 1.56. The van der Waals surface area contributed by atoms with Gasteiger partial charge in [0.2, 0.25) is 5.91 Å². The number of aromatic nitrogens is 1. The molecular formula is C30H33ClN4O5. The average molecular weight is 565 g/mol. The molecule has 0 bridgehead atoms. The number of carbonyl (C=O) groups is 2. The van der Waals surface area contributed by atoms with Gasteiger partial charge in [0.25, 0.3) is 5.91 Å². The van der Waals surface area contributed by atoms with Gasteiger partial charge >= 0.3 is 0 Å². The number of aliphatic hydroxyl groups excluding tert-OH is 1. The number of amides is 2. The molecule has 5 rings (SSSR count). The van der Waals surface area contributed by atoms with Crippen LogP contribution in [-0.2, 0) is 16.1 Å². The van der Waals surface area contributed by atoms with Crippen LogP contribution in [0.15, 0.2) is 54.7 Å². The number of methoxy groups -OCH3 is 1. The van der Waals surface area contributed by atoms with Crippen LogP contribution in [0.1, 0.15) is 47.3 Å². The maximum absolute atomic E-state index is 13.5. The van der Waals surface area contributed by atoms with Crippen LogP contribution in [-0.4, -0.2) is 65.8 Å². The van der Waals surface area contributed by atoms with Crippen LogP contribution in [0, 0.1) is 0 Å². The summed E-state index contributed by atoms with van der Waals surface area (Å²) in [6.07, 6.45) is 3.44. The molecule has 3 N–H and O–H groups in total. The van der Waals surface area contributed by atoms with Crippen LogP contribution in [0.25, 0.3) is 11.1 Å². The summed E-state index contributed by atoms with van der Waals surface area (Å²) < 4.78 is 10.7. The van der Waals surface area contributed by atoms with Gasteiger partial charge in [-0.15, -0.1) is 0 Å². The van der Waals surface area contributed by atoms with Gasteiger partial charge in [-0.3, -0.25) is 9.59 Å². The Morgan fingerprint density at radius 3 is 2.75 bits per heavy atom. The number of aliphatic hydroxyl groups is 1. The zero-order valence-electron chi connectivity index (χ0n) is 22.5. The highest BCUT2D eigenvalue weighted by molar-refractivity contribution is 6.33. The van der Waals surface area contributed by atoms with Gasteiger partial charge in [0.05, 0.1) is 24.8 Å². The molecule has 0 saturated carbocycles. The standard InChI is InChI=1S/C30H33ClN4O5/c1-18(29(37)34-27(17-36)20-4-3-5-23(12-20)39-2)35-16-21-7-6-19(13-25(21)30(35)38)24-14-28(32-15-26(24)31)33-22-8-10-40-11-9-22/h3-7,12-15,18,22,27,36H,8-11,16-17H2,1-2H3,(H,32,33)(H,34,37). The van der Waals surface area contributed by atoms with Crippen molar-refractivity contribution in [2.45, 2.75) is 44.4 Å². The summed E-state index contributed by atoms with van der Waals surface area (Å²) >= 11 is 6.53. The first kappa shape index (κ1) is 27.9. The zero-order chi connectivity index (χ0) is 28.2. The SMILES string of the molecule is COc1cccc(C(CO)NC(=O)C(C)N2Cc3ccc(-c4cc(NC5CCOCC5)ncc4Cl)cc3C2=O)c1. The third kappa shape index (κ3) is 5.91. The Morgan fingerprint density at radius 1 is 1.20 bits per heavy atom. The van der Waals surface area contributed by atoms with E-state index in [1.165, 1.54) is 4.90 Å². The molecule has 1 saturated heterocycles. The number of nitrogens with zero attached hydrogens (tertiary/aromatic N) is 2. The third-order valence-electron chi connectivity index (χ3n) is 7.52. The third-order valence-corrected chi connectivity index (χ3v) is 7.82. The molecule has 40 heavy (non-hydrogen) atoms. The second-order valence-corrected chi connectivity index (χ2v) is 10.5. The summed E-state index contributed by atoms with van der Waals surface area (Å²) in [6, 6.07) is 13.6. The lowest BCUT2D eigenvalue weighted by Gasteiger charge is -2.26. The van der Waals surface area contributed by atoms with Crippen LogP contribution >= 0.6 is 11.6 Å². The van der Waals surface area contributed by atoms with Crippen LogP contribution < -0.4 is 15.4 Å². The second-order valence-electron chi connectivity index (χ2n) is 10.1. The van der Waals surface area contributed by atoms with E-state index in [0.29, 0.717) is 28.4 Å². The van der Waals surface area contributed by atoms with Crippen LogP contribution in [0.4, 0.5) is 5.82 Å². The summed E-state index contributed by atoms with van der Waals surface area (Å²) in [5, 5.41) is 16.8. The average Bonchev–Trinajstić information content (AvgIpc) is 3.32. The fourth-order valence-electron chi connectivity index (χ4n) is 5.12. The van der Waals surface area contributed by atoms with E-state index in [0.717, 1.165) is 48.6 Å². The first-order chi connectivity index (χ1) is 19.4. The molecule has 2 aliphatic heterocycles. The Kier molecular flexibility index (Phi) is 8.54. The molecule has 10 heteroatoms. The quantitative estimate of drug-likeness (QED) is 0.357. The minimum Gasteiger partial charge on any atom is -0.497 e. The number of ether oxygens (including phenoxy) is 2. The minimum atomic E-state index is -0.747. The van der Waals surface area contributed by atoms with Crippen molar-refractivity contribution in [2.75, 3.05) is 32.2 Å². The highest BCUT2D eigenvalue weighted by atomic mass is 35.5. The Labute approximate surface area is 238 Å².